The summed E-state index contributed by atoms with van der Waals surface area (Å²) < 4.78 is 12.3. The summed E-state index contributed by atoms with van der Waals surface area (Å²) >= 11 is 0. The van der Waals surface area contributed by atoms with E-state index < -0.39 is 0 Å². The van der Waals surface area contributed by atoms with Gasteiger partial charge in [-0.05, 0) is 24.6 Å². The number of rotatable bonds is 8. The fourth-order valence-electron chi connectivity index (χ4n) is 2.48. The van der Waals surface area contributed by atoms with Crippen LogP contribution in [0.15, 0.2) is 24.3 Å². The molecule has 0 saturated heterocycles. The average molecular weight is 360 g/mol. The highest BCUT2D eigenvalue weighted by atomic mass is 16.5. The zero-order valence-electron chi connectivity index (χ0n) is 15.5. The zero-order valence-corrected chi connectivity index (χ0v) is 15.5. The Balaban J connectivity index is 2.09. The van der Waals surface area contributed by atoms with Crippen molar-refractivity contribution >= 4 is 17.6 Å². The SMILES string of the molecule is COc1ccc(Cn2nc(C)cc2NC(=O)CCNC(C)=O)cc1OC. The van der Waals surface area contributed by atoms with E-state index in [0.29, 0.717) is 30.4 Å². The van der Waals surface area contributed by atoms with E-state index >= 15 is 0 Å². The van der Waals surface area contributed by atoms with E-state index in [9.17, 15) is 9.59 Å². The van der Waals surface area contributed by atoms with E-state index in [2.05, 4.69) is 15.7 Å². The molecule has 8 nitrogen and oxygen atoms in total. The number of benzene rings is 1. The molecular formula is C18H24N4O4. The first-order valence-electron chi connectivity index (χ1n) is 8.22. The normalized spacial score (nSPS) is 10.3. The third kappa shape index (κ3) is 5.23. The molecule has 0 bridgehead atoms. The summed E-state index contributed by atoms with van der Waals surface area (Å²) in [6.45, 7) is 4.04. The molecule has 1 heterocycles. The van der Waals surface area contributed by atoms with E-state index in [1.54, 1.807) is 25.0 Å². The molecule has 0 saturated carbocycles. The zero-order chi connectivity index (χ0) is 19.1. The second-order valence-corrected chi connectivity index (χ2v) is 5.80. The van der Waals surface area contributed by atoms with Crippen molar-refractivity contribution in [2.75, 3.05) is 26.1 Å². The van der Waals surface area contributed by atoms with Gasteiger partial charge in [0.25, 0.3) is 0 Å². The lowest BCUT2D eigenvalue weighted by molar-refractivity contribution is -0.119. The number of hydrogen-bond donors (Lipinski definition) is 2. The van der Waals surface area contributed by atoms with Crippen LogP contribution in [0.3, 0.4) is 0 Å². The van der Waals surface area contributed by atoms with Crippen LogP contribution in [0.1, 0.15) is 24.6 Å². The van der Waals surface area contributed by atoms with Crippen molar-refractivity contribution in [3.8, 4) is 11.5 Å². The average Bonchev–Trinajstić information content (AvgIpc) is 2.93. The highest BCUT2D eigenvalue weighted by Crippen LogP contribution is 2.28. The van der Waals surface area contributed by atoms with Crippen LogP contribution in [-0.4, -0.2) is 42.4 Å². The lowest BCUT2D eigenvalue weighted by atomic mass is 10.2. The molecule has 8 heteroatoms. The Bertz CT molecular complexity index is 785. The van der Waals surface area contributed by atoms with Gasteiger partial charge in [0.15, 0.2) is 11.5 Å². The molecule has 2 N–H and O–H groups in total. The maximum atomic E-state index is 12.1. The Morgan fingerprint density at radius 3 is 2.54 bits per heavy atom. The van der Waals surface area contributed by atoms with Gasteiger partial charge in [0.1, 0.15) is 5.82 Å². The third-order valence-electron chi connectivity index (χ3n) is 3.68. The van der Waals surface area contributed by atoms with E-state index in [1.165, 1.54) is 6.92 Å². The maximum Gasteiger partial charge on any atom is 0.227 e. The molecule has 2 aromatic rings. The van der Waals surface area contributed by atoms with Crippen molar-refractivity contribution in [2.45, 2.75) is 26.8 Å². The first kappa shape index (κ1) is 19.3. The van der Waals surface area contributed by atoms with Crippen molar-refractivity contribution in [1.29, 1.82) is 0 Å². The summed E-state index contributed by atoms with van der Waals surface area (Å²) in [6, 6.07) is 7.42. The predicted octanol–water partition coefficient (Wildman–Crippen LogP) is 1.72. The molecule has 26 heavy (non-hydrogen) atoms. The number of carbonyl (C=O) groups excluding carboxylic acids is 2. The van der Waals surface area contributed by atoms with E-state index in [4.69, 9.17) is 9.47 Å². The van der Waals surface area contributed by atoms with Crippen molar-refractivity contribution in [1.82, 2.24) is 15.1 Å². The van der Waals surface area contributed by atoms with Crippen LogP contribution in [0.4, 0.5) is 5.82 Å². The van der Waals surface area contributed by atoms with Crippen molar-refractivity contribution in [3.63, 3.8) is 0 Å². The number of amides is 2. The molecular weight excluding hydrogens is 336 g/mol. The minimum Gasteiger partial charge on any atom is -0.493 e. The van der Waals surface area contributed by atoms with E-state index in [0.717, 1.165) is 11.3 Å². The lowest BCUT2D eigenvalue weighted by Gasteiger charge is -2.12. The van der Waals surface area contributed by atoms with Gasteiger partial charge < -0.3 is 20.1 Å². The topological polar surface area (TPSA) is 94.5 Å². The summed E-state index contributed by atoms with van der Waals surface area (Å²) in [6.07, 6.45) is 0.195. The fourth-order valence-corrected chi connectivity index (χ4v) is 2.48. The van der Waals surface area contributed by atoms with Crippen LogP contribution >= 0.6 is 0 Å². The molecule has 0 fully saturated rings. The minimum atomic E-state index is -0.188. The van der Waals surface area contributed by atoms with E-state index in [1.807, 2.05) is 25.1 Å². The molecule has 0 aliphatic carbocycles. The van der Waals surface area contributed by atoms with Gasteiger partial charge in [0.05, 0.1) is 26.5 Å². The number of carbonyl (C=O) groups is 2. The smallest absolute Gasteiger partial charge is 0.227 e. The monoisotopic (exact) mass is 360 g/mol. The highest BCUT2D eigenvalue weighted by Gasteiger charge is 2.11. The summed E-state index contributed by atoms with van der Waals surface area (Å²) in [4.78, 5) is 22.9. The molecule has 0 aliphatic rings. The van der Waals surface area contributed by atoms with Crippen LogP contribution < -0.4 is 20.1 Å². The van der Waals surface area contributed by atoms with Gasteiger partial charge in [-0.2, -0.15) is 5.10 Å². The summed E-state index contributed by atoms with van der Waals surface area (Å²) in [5.41, 5.74) is 1.75. The first-order valence-corrected chi connectivity index (χ1v) is 8.22. The van der Waals surface area contributed by atoms with E-state index in [-0.39, 0.29) is 18.2 Å². The van der Waals surface area contributed by atoms with Gasteiger partial charge in [-0.15, -0.1) is 0 Å². The molecule has 140 valence electrons. The highest BCUT2D eigenvalue weighted by molar-refractivity contribution is 5.90. The fraction of sp³-hybridized carbons (Fsp3) is 0.389. The predicted molar refractivity (Wildman–Crippen MR) is 97.5 cm³/mol. The van der Waals surface area contributed by atoms with Gasteiger partial charge >= 0.3 is 0 Å². The largest absolute Gasteiger partial charge is 0.493 e. The van der Waals surface area contributed by atoms with Crippen LogP contribution in [0.5, 0.6) is 11.5 Å². The number of aromatic nitrogens is 2. The number of anilines is 1. The Kier molecular flexibility index (Phi) is 6.60. The summed E-state index contributed by atoms with van der Waals surface area (Å²) in [5, 5.41) is 9.85. The molecule has 0 atom stereocenters. The van der Waals surface area contributed by atoms with Crippen LogP contribution in [-0.2, 0) is 16.1 Å². The Morgan fingerprint density at radius 2 is 1.88 bits per heavy atom. The van der Waals surface area contributed by atoms with Crippen molar-refractivity contribution < 1.29 is 19.1 Å². The molecule has 2 rings (SSSR count). The number of ether oxygens (including phenoxy) is 2. The van der Waals surface area contributed by atoms with Crippen LogP contribution in [0.2, 0.25) is 0 Å². The third-order valence-corrected chi connectivity index (χ3v) is 3.68. The van der Waals surface area contributed by atoms with Crippen LogP contribution in [0, 0.1) is 6.92 Å². The summed E-state index contributed by atoms with van der Waals surface area (Å²) in [5.74, 6) is 1.54. The summed E-state index contributed by atoms with van der Waals surface area (Å²) in [7, 11) is 3.17. The molecule has 0 radical (unpaired) electrons. The number of aryl methyl sites for hydroxylation is 1. The van der Waals surface area contributed by atoms with Gasteiger partial charge in [0, 0.05) is 26.0 Å². The standard InChI is InChI=1S/C18H24N4O4/c1-12-9-17(20-18(24)7-8-19-13(2)23)22(21-12)11-14-5-6-15(25-3)16(10-14)26-4/h5-6,9-10H,7-8,11H2,1-4H3,(H,19,23)(H,20,24). The number of nitrogens with one attached hydrogen (secondary N) is 2. The maximum absolute atomic E-state index is 12.1. The first-order chi connectivity index (χ1) is 12.4. The molecule has 1 aromatic heterocycles. The molecule has 0 spiro atoms. The van der Waals surface area contributed by atoms with Crippen LogP contribution in [0.25, 0.3) is 0 Å². The number of nitrogens with zero attached hydrogens (tertiary/aromatic N) is 2. The van der Waals surface area contributed by atoms with Crippen molar-refractivity contribution in [3.05, 3.63) is 35.5 Å². The lowest BCUT2D eigenvalue weighted by Crippen LogP contribution is -2.26. The Labute approximate surface area is 152 Å². The number of methoxy groups -OCH3 is 2. The Morgan fingerprint density at radius 1 is 1.15 bits per heavy atom. The Hall–Kier alpha value is -3.03. The molecule has 2 amide bonds. The minimum absolute atomic E-state index is 0.160. The van der Waals surface area contributed by atoms with Gasteiger partial charge in [-0.25, -0.2) is 4.68 Å². The van der Waals surface area contributed by atoms with Gasteiger partial charge in [-0.1, -0.05) is 6.07 Å². The second-order valence-electron chi connectivity index (χ2n) is 5.80. The quantitative estimate of drug-likeness (QED) is 0.747. The second kappa shape index (κ2) is 8.89. The van der Waals surface area contributed by atoms with Crippen molar-refractivity contribution in [2.24, 2.45) is 0 Å². The molecule has 0 unspecified atom stereocenters. The molecule has 0 aliphatic heterocycles. The number of hydrogen-bond acceptors (Lipinski definition) is 5. The van der Waals surface area contributed by atoms with Gasteiger partial charge in [0.2, 0.25) is 11.8 Å². The molecule has 1 aromatic carbocycles. The van der Waals surface area contributed by atoms with Gasteiger partial charge in [-0.3, -0.25) is 9.59 Å².